The van der Waals surface area contributed by atoms with Gasteiger partial charge in [0.25, 0.3) is 0 Å². The zero-order valence-corrected chi connectivity index (χ0v) is 16.4. The van der Waals surface area contributed by atoms with E-state index in [1.54, 1.807) is 6.20 Å². The second-order valence-electron chi connectivity index (χ2n) is 5.07. The van der Waals surface area contributed by atoms with Gasteiger partial charge in [0.15, 0.2) is 0 Å². The van der Waals surface area contributed by atoms with Gasteiger partial charge in [-0.15, -0.1) is 24.8 Å². The van der Waals surface area contributed by atoms with Crippen LogP contribution in [0.4, 0.5) is 0 Å². The molecule has 1 N–H and O–H groups in total. The molecule has 1 aliphatic heterocycles. The van der Waals surface area contributed by atoms with Crippen molar-refractivity contribution >= 4 is 59.6 Å². The maximum absolute atomic E-state index is 6.37. The van der Waals surface area contributed by atoms with Gasteiger partial charge in [0.05, 0.1) is 10.0 Å². The van der Waals surface area contributed by atoms with Crippen LogP contribution in [0.1, 0.15) is 37.8 Å². The monoisotopic (exact) mass is 407 g/mol. The molecule has 2 heterocycles. The Hall–Kier alpha value is 0.520. The minimum absolute atomic E-state index is 0. The van der Waals surface area contributed by atoms with Gasteiger partial charge in [-0.3, -0.25) is 4.90 Å². The van der Waals surface area contributed by atoms with Crippen molar-refractivity contribution in [2.24, 2.45) is 0 Å². The lowest BCUT2D eigenvalue weighted by Crippen LogP contribution is -2.45. The first-order valence-electron chi connectivity index (χ1n) is 7.09. The highest BCUT2D eigenvalue weighted by Crippen LogP contribution is 2.39. The molecule has 1 aliphatic rings. The zero-order chi connectivity index (χ0) is 14.5. The summed E-state index contributed by atoms with van der Waals surface area (Å²) in [4.78, 5) is 6.46. The molecule has 0 amide bonds. The predicted molar refractivity (Wildman–Crippen MR) is 100 cm³/mol. The van der Waals surface area contributed by atoms with E-state index in [1.807, 2.05) is 0 Å². The minimum atomic E-state index is 0. The van der Waals surface area contributed by atoms with E-state index in [1.165, 1.54) is 0 Å². The molecule has 1 aromatic heterocycles. The summed E-state index contributed by atoms with van der Waals surface area (Å²) in [7, 11) is 0. The Morgan fingerprint density at radius 2 is 1.86 bits per heavy atom. The molecule has 1 aromatic rings. The van der Waals surface area contributed by atoms with Crippen LogP contribution in [0.15, 0.2) is 6.20 Å². The Morgan fingerprint density at radius 3 is 2.45 bits per heavy atom. The van der Waals surface area contributed by atoms with E-state index < -0.39 is 0 Å². The van der Waals surface area contributed by atoms with E-state index in [9.17, 15) is 0 Å². The molecule has 2 rings (SSSR count). The fourth-order valence-corrected chi connectivity index (χ4v) is 3.41. The van der Waals surface area contributed by atoms with Crippen molar-refractivity contribution in [1.82, 2.24) is 15.2 Å². The summed E-state index contributed by atoms with van der Waals surface area (Å²) < 4.78 is 0. The van der Waals surface area contributed by atoms with Crippen molar-refractivity contribution in [2.45, 2.75) is 32.2 Å². The van der Waals surface area contributed by atoms with E-state index in [0.29, 0.717) is 15.2 Å². The Balaban J connectivity index is 0.00000220. The fraction of sp³-hybridized carbons (Fsp3) is 0.643. The number of hydrogen-bond acceptors (Lipinski definition) is 3. The van der Waals surface area contributed by atoms with Crippen LogP contribution < -0.4 is 5.32 Å². The van der Waals surface area contributed by atoms with Crippen molar-refractivity contribution in [3.8, 4) is 0 Å². The van der Waals surface area contributed by atoms with Gasteiger partial charge >= 0.3 is 0 Å². The molecule has 0 radical (unpaired) electrons. The van der Waals surface area contributed by atoms with Crippen LogP contribution >= 0.6 is 59.6 Å². The largest absolute Gasteiger partial charge is 0.314 e. The topological polar surface area (TPSA) is 28.2 Å². The minimum Gasteiger partial charge on any atom is -0.314 e. The molecule has 0 aliphatic carbocycles. The summed E-state index contributed by atoms with van der Waals surface area (Å²) in [5.74, 6) is 0. The number of hydrogen-bond donors (Lipinski definition) is 1. The number of piperazine rings is 1. The highest BCUT2D eigenvalue weighted by atomic mass is 35.5. The Kier molecular flexibility index (Phi) is 11.4. The smallest absolute Gasteiger partial charge is 0.148 e. The average molecular weight is 410 g/mol. The molecular weight excluding hydrogens is 387 g/mol. The van der Waals surface area contributed by atoms with Crippen LogP contribution in [0.2, 0.25) is 15.2 Å². The first kappa shape index (κ1) is 22.5. The van der Waals surface area contributed by atoms with Crippen LogP contribution in [-0.4, -0.2) is 36.1 Å². The highest BCUT2D eigenvalue weighted by Gasteiger charge is 2.27. The summed E-state index contributed by atoms with van der Waals surface area (Å²) in [6.07, 6.45) is 4.93. The molecule has 0 aromatic carbocycles. The van der Waals surface area contributed by atoms with Crippen LogP contribution in [0.25, 0.3) is 0 Å². The van der Waals surface area contributed by atoms with Crippen molar-refractivity contribution in [3.63, 3.8) is 0 Å². The van der Waals surface area contributed by atoms with Crippen molar-refractivity contribution in [3.05, 3.63) is 27.0 Å². The second kappa shape index (κ2) is 11.1. The number of rotatable bonds is 5. The van der Waals surface area contributed by atoms with Crippen LogP contribution in [-0.2, 0) is 0 Å². The molecule has 0 unspecified atom stereocenters. The lowest BCUT2D eigenvalue weighted by molar-refractivity contribution is 0.163. The van der Waals surface area contributed by atoms with Gasteiger partial charge in [0.1, 0.15) is 5.15 Å². The summed E-state index contributed by atoms with van der Waals surface area (Å²) in [6.45, 7) is 6.19. The van der Waals surface area contributed by atoms with Gasteiger partial charge in [0.2, 0.25) is 0 Å². The van der Waals surface area contributed by atoms with E-state index in [0.717, 1.165) is 51.0 Å². The standard InChI is InChI=1S/C14H20Cl3N3.2ClH/c1-2-3-4-11(20-7-5-18-6-8-20)12-10(15)9-19-14(17)13(12)16;;/h9,11,18H,2-8H2,1H3;2*1H/t11-;;/m1../s1. The first-order valence-corrected chi connectivity index (χ1v) is 8.22. The number of nitrogens with one attached hydrogen (secondary N) is 1. The lowest BCUT2D eigenvalue weighted by Gasteiger charge is -2.36. The third-order valence-electron chi connectivity index (χ3n) is 3.72. The average Bonchev–Trinajstić information content (AvgIpc) is 2.47. The third kappa shape index (κ3) is 5.55. The number of aromatic nitrogens is 1. The number of unbranched alkanes of at least 4 members (excludes halogenated alkanes) is 1. The van der Waals surface area contributed by atoms with Gasteiger partial charge in [-0.1, -0.05) is 54.6 Å². The van der Waals surface area contributed by atoms with E-state index in [4.69, 9.17) is 34.8 Å². The SMILES string of the molecule is CCCC[C@H](c1c(Cl)cnc(Cl)c1Cl)N1CCNCC1.Cl.Cl. The molecule has 8 heteroatoms. The Morgan fingerprint density at radius 1 is 1.23 bits per heavy atom. The summed E-state index contributed by atoms with van der Waals surface area (Å²) in [5, 5.41) is 4.82. The predicted octanol–water partition coefficient (Wildman–Crippen LogP) is 5.02. The number of halogens is 5. The first-order chi connectivity index (χ1) is 9.65. The second-order valence-corrected chi connectivity index (χ2v) is 6.21. The van der Waals surface area contributed by atoms with Gasteiger partial charge in [-0.05, 0) is 6.42 Å². The Labute approximate surface area is 159 Å². The quantitative estimate of drug-likeness (QED) is 0.692. The zero-order valence-electron chi connectivity index (χ0n) is 12.4. The molecule has 1 fully saturated rings. The molecule has 3 nitrogen and oxygen atoms in total. The maximum Gasteiger partial charge on any atom is 0.148 e. The Bertz CT molecular complexity index is 452. The molecular formula is C14H22Cl5N3. The van der Waals surface area contributed by atoms with Crippen LogP contribution in [0, 0.1) is 0 Å². The van der Waals surface area contributed by atoms with Gasteiger partial charge in [0, 0.05) is 44.0 Å². The van der Waals surface area contributed by atoms with Crippen LogP contribution in [0.3, 0.4) is 0 Å². The van der Waals surface area contributed by atoms with E-state index in [-0.39, 0.29) is 30.9 Å². The van der Waals surface area contributed by atoms with Crippen molar-refractivity contribution in [1.29, 1.82) is 0 Å². The normalized spacial score (nSPS) is 16.5. The molecule has 1 atom stereocenters. The van der Waals surface area contributed by atoms with E-state index in [2.05, 4.69) is 22.1 Å². The molecule has 0 saturated carbocycles. The maximum atomic E-state index is 6.37. The highest BCUT2D eigenvalue weighted by molar-refractivity contribution is 6.43. The molecule has 0 bridgehead atoms. The molecule has 0 spiro atoms. The lowest BCUT2D eigenvalue weighted by atomic mass is 9.99. The number of nitrogens with zero attached hydrogens (tertiary/aromatic N) is 2. The number of pyridine rings is 1. The van der Waals surface area contributed by atoms with Gasteiger partial charge in [-0.2, -0.15) is 0 Å². The summed E-state index contributed by atoms with van der Waals surface area (Å²) >= 11 is 18.8. The van der Waals surface area contributed by atoms with Crippen molar-refractivity contribution in [2.75, 3.05) is 26.2 Å². The van der Waals surface area contributed by atoms with E-state index >= 15 is 0 Å². The van der Waals surface area contributed by atoms with Crippen LogP contribution in [0.5, 0.6) is 0 Å². The molecule has 22 heavy (non-hydrogen) atoms. The molecule has 1 saturated heterocycles. The summed E-state index contributed by atoms with van der Waals surface area (Å²) in [5.41, 5.74) is 0.934. The third-order valence-corrected chi connectivity index (χ3v) is 4.79. The summed E-state index contributed by atoms with van der Waals surface area (Å²) in [6, 6.07) is 0.220. The molecule has 128 valence electrons. The van der Waals surface area contributed by atoms with Gasteiger partial charge < -0.3 is 5.32 Å². The van der Waals surface area contributed by atoms with Crippen molar-refractivity contribution < 1.29 is 0 Å². The van der Waals surface area contributed by atoms with Gasteiger partial charge in [-0.25, -0.2) is 4.98 Å². The fourth-order valence-electron chi connectivity index (χ4n) is 2.66.